The predicted molar refractivity (Wildman–Crippen MR) is 84.9 cm³/mol. The molecule has 3 aliphatic rings. The summed E-state index contributed by atoms with van der Waals surface area (Å²) >= 11 is 0. The number of morpholine rings is 1. The van der Waals surface area contributed by atoms with Gasteiger partial charge in [-0.05, 0) is 39.0 Å². The first-order chi connectivity index (χ1) is 11.1. The SMILES string of the molecule is CC1(C(=O)N2CCC(C(=O)N3CCOCC3)CC2)CCCCO1. The highest BCUT2D eigenvalue weighted by molar-refractivity contribution is 5.85. The molecule has 3 aliphatic heterocycles. The molecule has 3 fully saturated rings. The quantitative estimate of drug-likeness (QED) is 0.762. The van der Waals surface area contributed by atoms with Crippen molar-refractivity contribution in [3.63, 3.8) is 0 Å². The molecular formula is C17H28N2O4. The van der Waals surface area contributed by atoms with Gasteiger partial charge in [0.2, 0.25) is 5.91 Å². The lowest BCUT2D eigenvalue weighted by Gasteiger charge is -2.40. The minimum absolute atomic E-state index is 0.0530. The molecule has 1 unspecified atom stereocenters. The molecule has 0 aromatic carbocycles. The van der Waals surface area contributed by atoms with Crippen LogP contribution in [-0.2, 0) is 19.1 Å². The van der Waals surface area contributed by atoms with E-state index in [4.69, 9.17) is 9.47 Å². The molecule has 3 rings (SSSR count). The summed E-state index contributed by atoms with van der Waals surface area (Å²) in [5, 5.41) is 0. The Balaban J connectivity index is 1.51. The minimum atomic E-state index is -0.653. The van der Waals surface area contributed by atoms with Crippen molar-refractivity contribution in [2.75, 3.05) is 46.0 Å². The van der Waals surface area contributed by atoms with E-state index >= 15 is 0 Å². The maximum Gasteiger partial charge on any atom is 0.254 e. The van der Waals surface area contributed by atoms with E-state index in [9.17, 15) is 9.59 Å². The molecule has 0 N–H and O–H groups in total. The molecule has 3 heterocycles. The van der Waals surface area contributed by atoms with E-state index in [0.717, 1.165) is 32.1 Å². The van der Waals surface area contributed by atoms with Crippen LogP contribution in [-0.4, -0.2) is 73.2 Å². The number of carbonyl (C=O) groups is 2. The van der Waals surface area contributed by atoms with E-state index in [1.807, 2.05) is 16.7 Å². The van der Waals surface area contributed by atoms with Gasteiger partial charge in [-0.2, -0.15) is 0 Å². The van der Waals surface area contributed by atoms with Crippen molar-refractivity contribution in [3.05, 3.63) is 0 Å². The van der Waals surface area contributed by atoms with Gasteiger partial charge in [0.15, 0.2) is 0 Å². The Morgan fingerprint density at radius 3 is 2.26 bits per heavy atom. The van der Waals surface area contributed by atoms with Gasteiger partial charge in [0.25, 0.3) is 5.91 Å². The van der Waals surface area contributed by atoms with Crippen LogP contribution in [0, 0.1) is 5.92 Å². The standard InChI is InChI=1S/C17H28N2O4/c1-17(6-2-3-11-23-17)16(21)19-7-4-14(5-8-19)15(20)18-9-12-22-13-10-18/h14H,2-13H2,1H3. The van der Waals surface area contributed by atoms with Crippen LogP contribution in [0.25, 0.3) is 0 Å². The van der Waals surface area contributed by atoms with Crippen LogP contribution in [0.2, 0.25) is 0 Å². The minimum Gasteiger partial charge on any atom is -0.378 e. The number of amides is 2. The molecular weight excluding hydrogens is 296 g/mol. The molecule has 0 aliphatic carbocycles. The van der Waals surface area contributed by atoms with E-state index in [1.165, 1.54) is 0 Å². The first-order valence-corrected chi connectivity index (χ1v) is 8.90. The number of ether oxygens (including phenoxy) is 2. The fourth-order valence-electron chi connectivity index (χ4n) is 3.81. The third kappa shape index (κ3) is 3.69. The molecule has 0 bridgehead atoms. The molecule has 6 nitrogen and oxygen atoms in total. The lowest BCUT2D eigenvalue weighted by atomic mass is 9.91. The van der Waals surface area contributed by atoms with E-state index < -0.39 is 5.60 Å². The summed E-state index contributed by atoms with van der Waals surface area (Å²) in [5.41, 5.74) is -0.653. The molecule has 0 saturated carbocycles. The Hall–Kier alpha value is -1.14. The van der Waals surface area contributed by atoms with Crippen molar-refractivity contribution < 1.29 is 19.1 Å². The van der Waals surface area contributed by atoms with Gasteiger partial charge < -0.3 is 19.3 Å². The van der Waals surface area contributed by atoms with Crippen molar-refractivity contribution in [1.29, 1.82) is 0 Å². The molecule has 2 amide bonds. The number of piperidine rings is 1. The fraction of sp³-hybridized carbons (Fsp3) is 0.882. The second kappa shape index (κ2) is 7.18. The predicted octanol–water partition coefficient (Wildman–Crippen LogP) is 1.04. The Bertz CT molecular complexity index is 434. The molecule has 1 atom stereocenters. The smallest absolute Gasteiger partial charge is 0.254 e. The lowest BCUT2D eigenvalue weighted by Crippen LogP contribution is -2.54. The number of hydrogen-bond acceptors (Lipinski definition) is 4. The van der Waals surface area contributed by atoms with E-state index in [2.05, 4.69) is 0 Å². The van der Waals surface area contributed by atoms with Crippen LogP contribution in [0.3, 0.4) is 0 Å². The van der Waals surface area contributed by atoms with Gasteiger partial charge >= 0.3 is 0 Å². The van der Waals surface area contributed by atoms with Gasteiger partial charge in [0.05, 0.1) is 13.2 Å². The average Bonchev–Trinajstić information content (AvgIpc) is 2.62. The van der Waals surface area contributed by atoms with Crippen LogP contribution in [0.1, 0.15) is 39.0 Å². The Labute approximate surface area is 138 Å². The van der Waals surface area contributed by atoms with Crippen LogP contribution < -0.4 is 0 Å². The van der Waals surface area contributed by atoms with Gasteiger partial charge in [-0.15, -0.1) is 0 Å². The maximum atomic E-state index is 12.7. The first-order valence-electron chi connectivity index (χ1n) is 8.90. The monoisotopic (exact) mass is 324 g/mol. The lowest BCUT2D eigenvalue weighted by molar-refractivity contribution is -0.164. The summed E-state index contributed by atoms with van der Waals surface area (Å²) in [6.45, 7) is 6.59. The normalized spacial score (nSPS) is 30.3. The summed E-state index contributed by atoms with van der Waals surface area (Å²) in [4.78, 5) is 29.1. The summed E-state index contributed by atoms with van der Waals surface area (Å²) in [6, 6.07) is 0. The van der Waals surface area contributed by atoms with Crippen molar-refractivity contribution in [1.82, 2.24) is 9.80 Å². The van der Waals surface area contributed by atoms with Crippen molar-refractivity contribution in [3.8, 4) is 0 Å². The third-order valence-electron chi connectivity index (χ3n) is 5.38. The van der Waals surface area contributed by atoms with E-state index in [1.54, 1.807) is 0 Å². The van der Waals surface area contributed by atoms with Crippen LogP contribution in [0.4, 0.5) is 0 Å². The highest BCUT2D eigenvalue weighted by Gasteiger charge is 2.41. The van der Waals surface area contributed by atoms with Gasteiger partial charge in [-0.1, -0.05) is 0 Å². The number of likely N-dealkylation sites (tertiary alicyclic amines) is 1. The number of nitrogens with zero attached hydrogens (tertiary/aromatic N) is 2. The zero-order chi connectivity index (χ0) is 16.3. The topological polar surface area (TPSA) is 59.1 Å². The van der Waals surface area contributed by atoms with Gasteiger partial charge in [-0.25, -0.2) is 0 Å². The highest BCUT2D eigenvalue weighted by Crippen LogP contribution is 2.29. The molecule has 6 heteroatoms. The Morgan fingerprint density at radius 2 is 1.65 bits per heavy atom. The zero-order valence-electron chi connectivity index (χ0n) is 14.1. The van der Waals surface area contributed by atoms with E-state index in [0.29, 0.717) is 46.0 Å². The summed E-state index contributed by atoms with van der Waals surface area (Å²) in [6.07, 6.45) is 4.42. The Kier molecular flexibility index (Phi) is 5.21. The molecule has 130 valence electrons. The third-order valence-corrected chi connectivity index (χ3v) is 5.38. The molecule has 0 radical (unpaired) electrons. The Morgan fingerprint density at radius 1 is 0.957 bits per heavy atom. The number of rotatable bonds is 2. The van der Waals surface area contributed by atoms with E-state index in [-0.39, 0.29) is 17.7 Å². The summed E-state index contributed by atoms with van der Waals surface area (Å²) in [5.74, 6) is 0.396. The highest BCUT2D eigenvalue weighted by atomic mass is 16.5. The zero-order valence-corrected chi connectivity index (χ0v) is 14.1. The van der Waals surface area contributed by atoms with Crippen LogP contribution >= 0.6 is 0 Å². The number of carbonyl (C=O) groups excluding carboxylic acids is 2. The molecule has 0 spiro atoms. The second-order valence-electron chi connectivity index (χ2n) is 7.04. The van der Waals surface area contributed by atoms with Crippen molar-refractivity contribution in [2.45, 2.75) is 44.6 Å². The second-order valence-corrected chi connectivity index (χ2v) is 7.04. The maximum absolute atomic E-state index is 12.7. The van der Waals surface area contributed by atoms with Gasteiger partial charge in [0.1, 0.15) is 5.60 Å². The molecule has 23 heavy (non-hydrogen) atoms. The fourth-order valence-corrected chi connectivity index (χ4v) is 3.81. The molecule has 0 aromatic heterocycles. The molecule has 0 aromatic rings. The molecule has 3 saturated heterocycles. The van der Waals surface area contributed by atoms with Crippen molar-refractivity contribution in [2.24, 2.45) is 5.92 Å². The van der Waals surface area contributed by atoms with Crippen molar-refractivity contribution >= 4 is 11.8 Å². The first kappa shape index (κ1) is 16.7. The average molecular weight is 324 g/mol. The van der Waals surface area contributed by atoms with Crippen LogP contribution in [0.15, 0.2) is 0 Å². The van der Waals surface area contributed by atoms with Gasteiger partial charge in [-0.3, -0.25) is 9.59 Å². The van der Waals surface area contributed by atoms with Gasteiger partial charge in [0, 0.05) is 38.7 Å². The van der Waals surface area contributed by atoms with Crippen LogP contribution in [0.5, 0.6) is 0 Å². The summed E-state index contributed by atoms with van der Waals surface area (Å²) < 4.78 is 11.1. The number of hydrogen-bond donors (Lipinski definition) is 0. The largest absolute Gasteiger partial charge is 0.378 e. The summed E-state index contributed by atoms with van der Waals surface area (Å²) in [7, 11) is 0.